The van der Waals surface area contributed by atoms with Crippen LogP contribution in [-0.2, 0) is 11.2 Å². The number of H-pyrrole nitrogens is 1. The number of carbonyl (C=O) groups excluding carboxylic acids is 1. The maximum atomic E-state index is 12.6. The lowest BCUT2D eigenvalue weighted by Gasteiger charge is -2.31. The van der Waals surface area contributed by atoms with Crippen molar-refractivity contribution in [2.24, 2.45) is 0 Å². The molecule has 0 atom stereocenters. The predicted molar refractivity (Wildman–Crippen MR) is 140 cm³/mol. The van der Waals surface area contributed by atoms with E-state index >= 15 is 0 Å². The van der Waals surface area contributed by atoms with Gasteiger partial charge in [-0.25, -0.2) is 9.99 Å². The summed E-state index contributed by atoms with van der Waals surface area (Å²) in [7, 11) is 0. The molecule has 2 aromatic carbocycles. The number of imidazole rings is 1. The highest BCUT2D eigenvalue weighted by Crippen LogP contribution is 2.39. The number of hydrazine groups is 1. The minimum absolute atomic E-state index is 0.0629. The van der Waals surface area contributed by atoms with E-state index in [0.717, 1.165) is 71.5 Å². The van der Waals surface area contributed by atoms with E-state index in [4.69, 9.17) is 26.1 Å². The van der Waals surface area contributed by atoms with Crippen LogP contribution in [0.5, 0.6) is 11.5 Å². The molecule has 2 aliphatic heterocycles. The Morgan fingerprint density at radius 2 is 1.86 bits per heavy atom. The van der Waals surface area contributed by atoms with Gasteiger partial charge in [0.1, 0.15) is 5.82 Å². The van der Waals surface area contributed by atoms with E-state index in [9.17, 15) is 4.79 Å². The fourth-order valence-electron chi connectivity index (χ4n) is 4.83. The third kappa shape index (κ3) is 5.03. The molecular formula is C28H26ClN5O3. The van der Waals surface area contributed by atoms with Gasteiger partial charge in [-0.15, -0.1) is 0 Å². The fraction of sp³-hybridized carbons (Fsp3) is 0.250. The lowest BCUT2D eigenvalue weighted by atomic mass is 9.97. The van der Waals surface area contributed by atoms with Crippen molar-refractivity contribution in [3.05, 3.63) is 83.3 Å². The van der Waals surface area contributed by atoms with Crippen LogP contribution in [0.2, 0.25) is 5.02 Å². The van der Waals surface area contributed by atoms with Crippen LogP contribution in [0.4, 0.5) is 0 Å². The summed E-state index contributed by atoms with van der Waals surface area (Å²) in [5.74, 6) is 2.56. The Bertz CT molecular complexity index is 1420. The van der Waals surface area contributed by atoms with Crippen LogP contribution in [-0.4, -0.2) is 45.8 Å². The normalized spacial score (nSPS) is 15.6. The number of hydrogen-bond donors (Lipinski definition) is 2. The summed E-state index contributed by atoms with van der Waals surface area (Å²) >= 11 is 6.21. The third-order valence-corrected chi connectivity index (χ3v) is 7.13. The van der Waals surface area contributed by atoms with Gasteiger partial charge in [0, 0.05) is 35.8 Å². The van der Waals surface area contributed by atoms with E-state index in [0.29, 0.717) is 5.02 Å². The Morgan fingerprint density at radius 3 is 2.68 bits per heavy atom. The van der Waals surface area contributed by atoms with Crippen molar-refractivity contribution < 1.29 is 14.3 Å². The molecule has 2 aliphatic rings. The molecule has 8 nitrogen and oxygen atoms in total. The van der Waals surface area contributed by atoms with Gasteiger partial charge in [-0.1, -0.05) is 35.9 Å². The van der Waals surface area contributed by atoms with Crippen molar-refractivity contribution in [2.45, 2.75) is 25.2 Å². The van der Waals surface area contributed by atoms with E-state index in [-0.39, 0.29) is 25.0 Å². The van der Waals surface area contributed by atoms with E-state index in [1.807, 2.05) is 59.6 Å². The Morgan fingerprint density at radius 1 is 1.05 bits per heavy atom. The molecule has 4 heterocycles. The number of hydrogen-bond acceptors (Lipinski definition) is 6. The van der Waals surface area contributed by atoms with E-state index in [1.54, 1.807) is 12.3 Å². The Hall–Kier alpha value is -3.88. The molecule has 2 N–H and O–H groups in total. The number of pyridine rings is 1. The molecule has 0 spiro atoms. The summed E-state index contributed by atoms with van der Waals surface area (Å²) in [6.07, 6.45) is 3.76. The molecule has 0 unspecified atom stereocenters. The molecule has 0 saturated carbocycles. The highest BCUT2D eigenvalue weighted by atomic mass is 35.5. The number of rotatable bonds is 6. The molecule has 4 aromatic rings. The Kier molecular flexibility index (Phi) is 6.51. The molecule has 0 radical (unpaired) electrons. The summed E-state index contributed by atoms with van der Waals surface area (Å²) in [6.45, 7) is 1.70. The van der Waals surface area contributed by atoms with Gasteiger partial charge < -0.3 is 14.5 Å². The van der Waals surface area contributed by atoms with Crippen LogP contribution >= 0.6 is 11.6 Å². The number of ether oxygens (including phenoxy) is 2. The number of benzene rings is 2. The second kappa shape index (κ2) is 10.2. The van der Waals surface area contributed by atoms with Crippen molar-refractivity contribution in [1.82, 2.24) is 25.4 Å². The van der Waals surface area contributed by atoms with Crippen molar-refractivity contribution in [3.8, 4) is 34.1 Å². The number of carbonyl (C=O) groups is 1. The topological polar surface area (TPSA) is 92.4 Å². The minimum atomic E-state index is -0.0629. The first-order valence-corrected chi connectivity index (χ1v) is 12.7. The molecule has 1 saturated heterocycles. The smallest absolute Gasteiger partial charge is 0.238 e. The first kappa shape index (κ1) is 23.5. The fourth-order valence-corrected chi connectivity index (χ4v) is 5.03. The maximum absolute atomic E-state index is 12.6. The number of aromatic nitrogens is 3. The number of amides is 1. The highest BCUT2D eigenvalue weighted by Gasteiger charge is 2.27. The molecule has 1 amide bonds. The molecule has 1 fully saturated rings. The average Bonchev–Trinajstić information content (AvgIpc) is 3.58. The standard InChI is InChI=1S/C28H26ClN5O3/c29-21-6-2-1-5-19(21)16-25(35)33-34-13-10-18(11-14-34)28-31-26(27(32-28)22-7-3-4-12-30-22)20-8-9-23-24(15-20)37-17-36-23/h1-9,12,15,18H,10-11,13-14,16-17H2,(H,31,32)(H,33,35). The molecular weight excluding hydrogens is 490 g/mol. The summed E-state index contributed by atoms with van der Waals surface area (Å²) < 4.78 is 11.1. The number of nitrogens with one attached hydrogen (secondary N) is 2. The lowest BCUT2D eigenvalue weighted by molar-refractivity contribution is -0.125. The van der Waals surface area contributed by atoms with Gasteiger partial charge in [-0.2, -0.15) is 0 Å². The Labute approximate surface area is 219 Å². The van der Waals surface area contributed by atoms with Gasteiger partial charge in [0.2, 0.25) is 12.7 Å². The zero-order valence-electron chi connectivity index (χ0n) is 20.1. The zero-order valence-corrected chi connectivity index (χ0v) is 20.9. The molecule has 0 bridgehead atoms. The van der Waals surface area contributed by atoms with Crippen molar-refractivity contribution in [3.63, 3.8) is 0 Å². The third-order valence-electron chi connectivity index (χ3n) is 6.76. The van der Waals surface area contributed by atoms with Gasteiger partial charge in [0.25, 0.3) is 0 Å². The van der Waals surface area contributed by atoms with Crippen molar-refractivity contribution >= 4 is 17.5 Å². The largest absolute Gasteiger partial charge is 0.454 e. The van der Waals surface area contributed by atoms with Gasteiger partial charge in [-0.3, -0.25) is 15.2 Å². The van der Waals surface area contributed by atoms with Gasteiger partial charge in [0.15, 0.2) is 11.5 Å². The van der Waals surface area contributed by atoms with Gasteiger partial charge >= 0.3 is 0 Å². The summed E-state index contributed by atoms with van der Waals surface area (Å²) in [4.78, 5) is 25.7. The SMILES string of the molecule is O=C(Cc1ccccc1Cl)NN1CCC(c2nc(-c3ccc4c(c3)OCO4)c(-c3ccccn3)[nH]2)CC1. The van der Waals surface area contributed by atoms with E-state index in [2.05, 4.69) is 15.4 Å². The lowest BCUT2D eigenvalue weighted by Crippen LogP contribution is -2.46. The maximum Gasteiger partial charge on any atom is 0.238 e. The molecule has 9 heteroatoms. The van der Waals surface area contributed by atoms with E-state index in [1.165, 1.54) is 0 Å². The first-order valence-electron chi connectivity index (χ1n) is 12.3. The first-order chi connectivity index (χ1) is 18.1. The molecule has 37 heavy (non-hydrogen) atoms. The molecule has 2 aromatic heterocycles. The van der Waals surface area contributed by atoms with Gasteiger partial charge in [0.05, 0.1) is 23.5 Å². The highest BCUT2D eigenvalue weighted by molar-refractivity contribution is 6.31. The minimum Gasteiger partial charge on any atom is -0.454 e. The second-order valence-corrected chi connectivity index (χ2v) is 9.60. The average molecular weight is 516 g/mol. The monoisotopic (exact) mass is 515 g/mol. The number of halogens is 1. The van der Waals surface area contributed by atoms with Crippen LogP contribution in [0.15, 0.2) is 66.9 Å². The van der Waals surface area contributed by atoms with Crippen LogP contribution in [0, 0.1) is 0 Å². The summed E-state index contributed by atoms with van der Waals surface area (Å²) in [5, 5.41) is 2.59. The molecule has 0 aliphatic carbocycles. The Balaban J connectivity index is 1.18. The number of aromatic amines is 1. The van der Waals surface area contributed by atoms with Crippen molar-refractivity contribution in [1.29, 1.82) is 0 Å². The zero-order chi connectivity index (χ0) is 25.2. The summed E-state index contributed by atoms with van der Waals surface area (Å²) in [6, 6.07) is 19.2. The molecule has 188 valence electrons. The van der Waals surface area contributed by atoms with E-state index < -0.39 is 0 Å². The number of nitrogens with zero attached hydrogens (tertiary/aromatic N) is 3. The second-order valence-electron chi connectivity index (χ2n) is 9.19. The quantitative estimate of drug-likeness (QED) is 0.376. The molecule has 6 rings (SSSR count). The van der Waals surface area contributed by atoms with Crippen LogP contribution < -0.4 is 14.9 Å². The predicted octanol–water partition coefficient (Wildman–Crippen LogP) is 4.97. The number of fused-ring (bicyclic) bond motifs is 1. The van der Waals surface area contributed by atoms with Crippen LogP contribution in [0.25, 0.3) is 22.6 Å². The van der Waals surface area contributed by atoms with Gasteiger partial charge in [-0.05, 0) is 54.8 Å². The van der Waals surface area contributed by atoms with Crippen LogP contribution in [0.3, 0.4) is 0 Å². The van der Waals surface area contributed by atoms with Crippen molar-refractivity contribution in [2.75, 3.05) is 19.9 Å². The summed E-state index contributed by atoms with van der Waals surface area (Å²) in [5.41, 5.74) is 7.34. The number of piperidine rings is 1. The van der Waals surface area contributed by atoms with Crippen LogP contribution in [0.1, 0.15) is 30.1 Å².